The van der Waals surface area contributed by atoms with Gasteiger partial charge in [-0.2, -0.15) is 0 Å². The van der Waals surface area contributed by atoms with Crippen LogP contribution in [0.3, 0.4) is 0 Å². The Kier molecular flexibility index (Phi) is 6.69. The Hall–Kier alpha value is -2.38. The van der Waals surface area contributed by atoms with Crippen LogP contribution in [0, 0.1) is 0 Å². The number of amides is 2. The second-order valence-corrected chi connectivity index (χ2v) is 8.78. The number of benzene rings is 1. The zero-order chi connectivity index (χ0) is 20.9. The first-order valence-corrected chi connectivity index (χ1v) is 11.6. The fraction of sp³-hybridized carbons (Fsp3) is 0.478. The standard InChI is InChI=1S/C23H28N2O4S/c1-2-28-16-11-9-15(10-12-16)21(26)25-23-20(18-7-3-4-8-19(18)30-23)22(27)24-14-17-6-5-13-29-17/h9-12,17H,2-8,13-14H2,1H3,(H,24,27)(H,25,26)/t17-/m1/s1. The van der Waals surface area contributed by atoms with E-state index in [2.05, 4.69) is 10.6 Å². The van der Waals surface area contributed by atoms with Crippen LogP contribution in [0.4, 0.5) is 5.00 Å². The van der Waals surface area contributed by atoms with Crippen molar-refractivity contribution in [3.05, 3.63) is 45.8 Å². The van der Waals surface area contributed by atoms with Crippen LogP contribution < -0.4 is 15.4 Å². The number of rotatable bonds is 7. The van der Waals surface area contributed by atoms with Gasteiger partial charge in [-0.25, -0.2) is 0 Å². The number of nitrogens with one attached hydrogen (secondary N) is 2. The van der Waals surface area contributed by atoms with E-state index in [9.17, 15) is 9.59 Å². The van der Waals surface area contributed by atoms with Crippen molar-refractivity contribution >= 4 is 28.2 Å². The van der Waals surface area contributed by atoms with Gasteiger partial charge in [0.15, 0.2) is 0 Å². The highest BCUT2D eigenvalue weighted by Gasteiger charge is 2.27. The highest BCUT2D eigenvalue weighted by Crippen LogP contribution is 2.38. The number of anilines is 1. The third kappa shape index (κ3) is 4.68. The zero-order valence-electron chi connectivity index (χ0n) is 17.3. The van der Waals surface area contributed by atoms with Crippen LogP contribution in [0.1, 0.15) is 63.8 Å². The molecule has 160 valence electrons. The molecule has 2 heterocycles. The highest BCUT2D eigenvalue weighted by atomic mass is 32.1. The van der Waals surface area contributed by atoms with Gasteiger partial charge in [-0.15, -0.1) is 11.3 Å². The Morgan fingerprint density at radius 2 is 1.93 bits per heavy atom. The molecule has 1 aromatic carbocycles. The molecule has 2 amide bonds. The number of ether oxygens (including phenoxy) is 2. The lowest BCUT2D eigenvalue weighted by atomic mass is 9.95. The first-order valence-electron chi connectivity index (χ1n) is 10.7. The van der Waals surface area contributed by atoms with Gasteiger partial charge in [-0.05, 0) is 75.3 Å². The Labute approximate surface area is 181 Å². The molecule has 4 rings (SSSR count). The van der Waals surface area contributed by atoms with Crippen LogP contribution in [0.5, 0.6) is 5.75 Å². The number of hydrogen-bond acceptors (Lipinski definition) is 5. The molecule has 0 saturated carbocycles. The molecule has 0 bridgehead atoms. The van der Waals surface area contributed by atoms with E-state index in [4.69, 9.17) is 9.47 Å². The third-order valence-electron chi connectivity index (χ3n) is 5.57. The molecule has 1 aromatic heterocycles. The van der Waals surface area contributed by atoms with E-state index in [-0.39, 0.29) is 17.9 Å². The quantitative estimate of drug-likeness (QED) is 0.693. The number of hydrogen-bond donors (Lipinski definition) is 2. The first-order chi connectivity index (χ1) is 14.7. The van der Waals surface area contributed by atoms with Crippen molar-refractivity contribution in [3.63, 3.8) is 0 Å². The lowest BCUT2D eigenvalue weighted by Crippen LogP contribution is -2.32. The molecular weight excluding hydrogens is 400 g/mol. The van der Waals surface area contributed by atoms with E-state index < -0.39 is 0 Å². The van der Waals surface area contributed by atoms with Gasteiger partial charge >= 0.3 is 0 Å². The molecule has 1 saturated heterocycles. The summed E-state index contributed by atoms with van der Waals surface area (Å²) in [5.41, 5.74) is 2.26. The lowest BCUT2D eigenvalue weighted by Gasteiger charge is -2.15. The maximum absolute atomic E-state index is 13.1. The van der Waals surface area contributed by atoms with Gasteiger partial charge in [-0.1, -0.05) is 0 Å². The number of carbonyl (C=O) groups is 2. The summed E-state index contributed by atoms with van der Waals surface area (Å²) in [6.45, 7) is 3.77. The average molecular weight is 429 g/mol. The summed E-state index contributed by atoms with van der Waals surface area (Å²) < 4.78 is 11.1. The number of thiophene rings is 1. The van der Waals surface area contributed by atoms with Crippen molar-refractivity contribution in [3.8, 4) is 5.75 Å². The van der Waals surface area contributed by atoms with E-state index in [1.54, 1.807) is 24.3 Å². The van der Waals surface area contributed by atoms with Crippen molar-refractivity contribution in [1.29, 1.82) is 0 Å². The van der Waals surface area contributed by atoms with Crippen LogP contribution in [0.2, 0.25) is 0 Å². The fourth-order valence-corrected chi connectivity index (χ4v) is 5.32. The molecule has 30 heavy (non-hydrogen) atoms. The normalized spacial score (nSPS) is 18.0. The van der Waals surface area contributed by atoms with Crippen LogP contribution in [0.25, 0.3) is 0 Å². The molecule has 0 spiro atoms. The summed E-state index contributed by atoms with van der Waals surface area (Å²) in [4.78, 5) is 27.1. The molecular formula is C23H28N2O4S. The molecule has 2 N–H and O–H groups in total. The minimum absolute atomic E-state index is 0.0882. The van der Waals surface area contributed by atoms with Gasteiger partial charge in [0.25, 0.3) is 11.8 Å². The van der Waals surface area contributed by atoms with Crippen molar-refractivity contribution in [2.24, 2.45) is 0 Å². The first kappa shape index (κ1) is 20.9. The number of aryl methyl sites for hydroxylation is 1. The maximum Gasteiger partial charge on any atom is 0.256 e. The molecule has 1 fully saturated rings. The van der Waals surface area contributed by atoms with Crippen molar-refractivity contribution in [2.45, 2.75) is 51.6 Å². The van der Waals surface area contributed by atoms with Crippen molar-refractivity contribution in [2.75, 3.05) is 25.1 Å². The molecule has 0 unspecified atom stereocenters. The molecule has 2 aromatic rings. The molecule has 2 aliphatic rings. The van der Waals surface area contributed by atoms with Crippen LogP contribution in [-0.2, 0) is 17.6 Å². The molecule has 6 nitrogen and oxygen atoms in total. The van der Waals surface area contributed by atoms with Gasteiger partial charge in [0.1, 0.15) is 10.8 Å². The van der Waals surface area contributed by atoms with Gasteiger partial charge < -0.3 is 20.1 Å². The number of carbonyl (C=O) groups excluding carboxylic acids is 2. The summed E-state index contributed by atoms with van der Waals surface area (Å²) >= 11 is 1.53. The van der Waals surface area contributed by atoms with Crippen LogP contribution in [0.15, 0.2) is 24.3 Å². The maximum atomic E-state index is 13.1. The molecule has 0 radical (unpaired) electrons. The Morgan fingerprint density at radius 1 is 1.13 bits per heavy atom. The second kappa shape index (κ2) is 9.62. The van der Waals surface area contributed by atoms with Gasteiger partial charge in [0.2, 0.25) is 0 Å². The van der Waals surface area contributed by atoms with Crippen molar-refractivity contribution < 1.29 is 19.1 Å². The van der Waals surface area contributed by atoms with Gasteiger partial charge in [-0.3, -0.25) is 9.59 Å². The predicted octanol–water partition coefficient (Wildman–Crippen LogP) is 4.19. The van der Waals surface area contributed by atoms with E-state index in [0.717, 1.165) is 56.4 Å². The SMILES string of the molecule is CCOc1ccc(C(=O)Nc2sc3c(c2C(=O)NC[C@H]2CCCO2)CCCC3)cc1. The summed E-state index contributed by atoms with van der Waals surface area (Å²) in [6.07, 6.45) is 6.14. The van der Waals surface area contributed by atoms with E-state index in [0.29, 0.717) is 29.3 Å². The van der Waals surface area contributed by atoms with Gasteiger partial charge in [0, 0.05) is 23.6 Å². The minimum Gasteiger partial charge on any atom is -0.494 e. The molecule has 1 aliphatic carbocycles. The van der Waals surface area contributed by atoms with Crippen LogP contribution in [-0.4, -0.2) is 37.7 Å². The summed E-state index contributed by atoms with van der Waals surface area (Å²) in [5, 5.41) is 6.66. The Bertz CT molecular complexity index is 901. The summed E-state index contributed by atoms with van der Waals surface area (Å²) in [6, 6.07) is 7.05. The largest absolute Gasteiger partial charge is 0.494 e. The summed E-state index contributed by atoms with van der Waals surface area (Å²) in [7, 11) is 0. The fourth-order valence-electron chi connectivity index (χ4n) is 4.04. The molecule has 7 heteroatoms. The van der Waals surface area contributed by atoms with Crippen molar-refractivity contribution in [1.82, 2.24) is 5.32 Å². The highest BCUT2D eigenvalue weighted by molar-refractivity contribution is 7.17. The molecule has 1 aliphatic heterocycles. The number of fused-ring (bicyclic) bond motifs is 1. The Balaban J connectivity index is 1.52. The van der Waals surface area contributed by atoms with E-state index >= 15 is 0 Å². The zero-order valence-corrected chi connectivity index (χ0v) is 18.1. The van der Waals surface area contributed by atoms with E-state index in [1.807, 2.05) is 6.92 Å². The van der Waals surface area contributed by atoms with Crippen LogP contribution >= 0.6 is 11.3 Å². The topological polar surface area (TPSA) is 76.7 Å². The van der Waals surface area contributed by atoms with E-state index in [1.165, 1.54) is 16.2 Å². The average Bonchev–Trinajstić information content (AvgIpc) is 3.40. The second-order valence-electron chi connectivity index (χ2n) is 7.67. The van der Waals surface area contributed by atoms with Gasteiger partial charge in [0.05, 0.1) is 18.3 Å². The molecule has 1 atom stereocenters. The third-order valence-corrected chi connectivity index (χ3v) is 6.77. The summed E-state index contributed by atoms with van der Waals surface area (Å²) in [5.74, 6) is 0.395. The minimum atomic E-state index is -0.218. The lowest BCUT2D eigenvalue weighted by molar-refractivity contribution is 0.0858. The predicted molar refractivity (Wildman–Crippen MR) is 118 cm³/mol. The Morgan fingerprint density at radius 3 is 2.67 bits per heavy atom. The monoisotopic (exact) mass is 428 g/mol. The smallest absolute Gasteiger partial charge is 0.256 e.